The number of rotatable bonds is 5. The molecule has 0 spiro atoms. The van der Waals surface area contributed by atoms with Gasteiger partial charge in [-0.25, -0.2) is 4.98 Å². The van der Waals surface area contributed by atoms with Crippen molar-refractivity contribution in [3.63, 3.8) is 0 Å². The second-order valence-corrected chi connectivity index (χ2v) is 8.19. The third-order valence-corrected chi connectivity index (χ3v) is 6.08. The van der Waals surface area contributed by atoms with Gasteiger partial charge in [0.25, 0.3) is 0 Å². The minimum Gasteiger partial charge on any atom is -0.394 e. The number of hydrogen-bond acceptors (Lipinski definition) is 7. The summed E-state index contributed by atoms with van der Waals surface area (Å²) in [5.74, 6) is 1.25. The van der Waals surface area contributed by atoms with Gasteiger partial charge in [0.15, 0.2) is 5.82 Å². The Labute approximate surface area is 157 Å². The predicted molar refractivity (Wildman–Crippen MR) is 101 cm³/mol. The van der Waals surface area contributed by atoms with Crippen molar-refractivity contribution in [3.8, 4) is 0 Å². The summed E-state index contributed by atoms with van der Waals surface area (Å²) in [6, 6.07) is 0. The van der Waals surface area contributed by atoms with Crippen molar-refractivity contribution in [2.45, 2.75) is 20.4 Å². The van der Waals surface area contributed by atoms with E-state index in [1.54, 1.807) is 17.1 Å². The summed E-state index contributed by atoms with van der Waals surface area (Å²) in [5, 5.41) is 20.4. The Morgan fingerprint density at radius 2 is 2.00 bits per heavy atom. The largest absolute Gasteiger partial charge is 0.394 e. The zero-order valence-electron chi connectivity index (χ0n) is 15.0. The first-order valence-electron chi connectivity index (χ1n) is 8.81. The van der Waals surface area contributed by atoms with Crippen molar-refractivity contribution in [1.82, 2.24) is 25.1 Å². The molecule has 0 unspecified atom stereocenters. The molecule has 8 nitrogen and oxygen atoms in total. The second kappa shape index (κ2) is 6.37. The van der Waals surface area contributed by atoms with Crippen molar-refractivity contribution >= 4 is 29.1 Å². The van der Waals surface area contributed by atoms with E-state index in [9.17, 15) is 0 Å². The standard InChI is InChI=1S/C17H24ClN7O/c1-16-8-19-9-17(16,2)11-24(10-16)14-13(18)6-20-15(23-14)22-12-5-21-25(7-12)3-4-26/h5-7,19,26H,3-4,8-11H2,1-2H3,(H,20,22,23)/t16-,17+. The summed E-state index contributed by atoms with van der Waals surface area (Å²) < 4.78 is 1.66. The summed E-state index contributed by atoms with van der Waals surface area (Å²) >= 11 is 6.42. The lowest BCUT2D eigenvalue weighted by molar-refractivity contribution is 0.212. The Kier molecular flexibility index (Phi) is 4.29. The Hall–Kier alpha value is -1.90. The zero-order chi connectivity index (χ0) is 18.4. The molecule has 2 saturated heterocycles. The van der Waals surface area contributed by atoms with E-state index in [0.717, 1.165) is 37.7 Å². The van der Waals surface area contributed by atoms with Gasteiger partial charge in [-0.2, -0.15) is 10.1 Å². The van der Waals surface area contributed by atoms with E-state index < -0.39 is 0 Å². The van der Waals surface area contributed by atoms with Crippen LogP contribution in [0.25, 0.3) is 0 Å². The van der Waals surface area contributed by atoms with E-state index in [-0.39, 0.29) is 17.4 Å². The van der Waals surface area contributed by atoms with Crippen LogP contribution in [-0.2, 0) is 6.54 Å². The fourth-order valence-corrected chi connectivity index (χ4v) is 4.22. The highest BCUT2D eigenvalue weighted by Gasteiger charge is 2.55. The van der Waals surface area contributed by atoms with Crippen LogP contribution in [0, 0.1) is 10.8 Å². The molecule has 4 heterocycles. The first kappa shape index (κ1) is 17.5. The molecule has 0 aliphatic carbocycles. The van der Waals surface area contributed by atoms with Gasteiger partial charge in [-0.15, -0.1) is 0 Å². The molecule has 2 aliphatic rings. The number of aromatic nitrogens is 4. The highest BCUT2D eigenvalue weighted by atomic mass is 35.5. The van der Waals surface area contributed by atoms with Crippen LogP contribution in [-0.4, -0.2) is 57.6 Å². The maximum atomic E-state index is 8.99. The third-order valence-electron chi connectivity index (χ3n) is 5.81. The molecule has 0 bridgehead atoms. The van der Waals surface area contributed by atoms with Crippen LogP contribution in [0.2, 0.25) is 5.02 Å². The molecule has 0 aromatic carbocycles. The lowest BCUT2D eigenvalue weighted by atomic mass is 9.71. The Balaban J connectivity index is 1.55. The van der Waals surface area contributed by atoms with Crippen LogP contribution >= 0.6 is 11.6 Å². The monoisotopic (exact) mass is 377 g/mol. The predicted octanol–water partition coefficient (Wildman–Crippen LogP) is 1.50. The Bertz CT molecular complexity index is 794. The molecule has 0 amide bonds. The third kappa shape index (κ3) is 2.91. The molecule has 2 aromatic heterocycles. The molecule has 9 heteroatoms. The molecule has 0 radical (unpaired) electrons. The van der Waals surface area contributed by atoms with Crippen molar-refractivity contribution in [2.75, 3.05) is 43.0 Å². The molecule has 2 fully saturated rings. The fourth-order valence-electron chi connectivity index (χ4n) is 4.00. The van der Waals surface area contributed by atoms with Crippen molar-refractivity contribution < 1.29 is 5.11 Å². The quantitative estimate of drug-likeness (QED) is 0.727. The summed E-state index contributed by atoms with van der Waals surface area (Å²) in [5.41, 5.74) is 1.19. The average molecular weight is 378 g/mol. The number of aliphatic hydroxyl groups is 1. The Morgan fingerprint density at radius 1 is 1.27 bits per heavy atom. The smallest absolute Gasteiger partial charge is 0.229 e. The van der Waals surface area contributed by atoms with Crippen LogP contribution in [0.5, 0.6) is 0 Å². The first-order valence-corrected chi connectivity index (χ1v) is 9.19. The van der Waals surface area contributed by atoms with Crippen LogP contribution in [0.3, 0.4) is 0 Å². The molecule has 2 aromatic rings. The summed E-state index contributed by atoms with van der Waals surface area (Å²) in [6.45, 7) is 9.02. The number of anilines is 3. The van der Waals surface area contributed by atoms with E-state index in [0.29, 0.717) is 17.5 Å². The van der Waals surface area contributed by atoms with Gasteiger partial charge in [0.05, 0.1) is 31.2 Å². The normalized spacial score (nSPS) is 27.8. The minimum atomic E-state index is 0.0457. The number of nitrogens with zero attached hydrogens (tertiary/aromatic N) is 5. The molecule has 3 N–H and O–H groups in total. The highest BCUT2D eigenvalue weighted by molar-refractivity contribution is 6.32. The van der Waals surface area contributed by atoms with E-state index >= 15 is 0 Å². The van der Waals surface area contributed by atoms with Gasteiger partial charge in [0, 0.05) is 43.2 Å². The lowest BCUT2D eigenvalue weighted by Gasteiger charge is -2.30. The van der Waals surface area contributed by atoms with Crippen LogP contribution < -0.4 is 15.5 Å². The van der Waals surface area contributed by atoms with E-state index in [1.807, 2.05) is 6.20 Å². The number of halogens is 1. The van der Waals surface area contributed by atoms with Gasteiger partial charge >= 0.3 is 0 Å². The van der Waals surface area contributed by atoms with E-state index in [2.05, 4.69) is 44.4 Å². The van der Waals surface area contributed by atoms with Gasteiger partial charge < -0.3 is 20.6 Å². The molecule has 2 atom stereocenters. The molecule has 26 heavy (non-hydrogen) atoms. The van der Waals surface area contributed by atoms with Crippen LogP contribution in [0.1, 0.15) is 13.8 Å². The molecular weight excluding hydrogens is 354 g/mol. The van der Waals surface area contributed by atoms with Gasteiger partial charge in [-0.3, -0.25) is 4.68 Å². The number of hydrogen-bond donors (Lipinski definition) is 3. The van der Waals surface area contributed by atoms with Crippen molar-refractivity contribution in [1.29, 1.82) is 0 Å². The molecule has 2 aliphatic heterocycles. The number of aliphatic hydroxyl groups excluding tert-OH is 1. The van der Waals surface area contributed by atoms with Gasteiger partial charge in [0.2, 0.25) is 5.95 Å². The summed E-state index contributed by atoms with van der Waals surface area (Å²) in [7, 11) is 0. The maximum Gasteiger partial charge on any atom is 0.229 e. The molecule has 140 valence electrons. The SMILES string of the molecule is C[C@@]12CNC[C@]1(C)CN(c1nc(Nc3cnn(CCO)c3)ncc1Cl)C2. The second-order valence-electron chi connectivity index (χ2n) is 7.79. The fraction of sp³-hybridized carbons (Fsp3) is 0.588. The van der Waals surface area contributed by atoms with Gasteiger partial charge in [-0.1, -0.05) is 25.4 Å². The van der Waals surface area contributed by atoms with Gasteiger partial charge in [-0.05, 0) is 0 Å². The topological polar surface area (TPSA) is 91.1 Å². The van der Waals surface area contributed by atoms with Gasteiger partial charge in [0.1, 0.15) is 5.02 Å². The van der Waals surface area contributed by atoms with E-state index in [4.69, 9.17) is 16.7 Å². The first-order chi connectivity index (χ1) is 12.4. The maximum absolute atomic E-state index is 8.99. The van der Waals surface area contributed by atoms with Crippen molar-refractivity contribution in [3.05, 3.63) is 23.6 Å². The van der Waals surface area contributed by atoms with Crippen molar-refractivity contribution in [2.24, 2.45) is 10.8 Å². The highest BCUT2D eigenvalue weighted by Crippen LogP contribution is 2.50. The Morgan fingerprint density at radius 3 is 2.69 bits per heavy atom. The number of fused-ring (bicyclic) bond motifs is 1. The average Bonchev–Trinajstić information content (AvgIpc) is 3.20. The molecule has 4 rings (SSSR count). The summed E-state index contributed by atoms with van der Waals surface area (Å²) in [4.78, 5) is 11.2. The summed E-state index contributed by atoms with van der Waals surface area (Å²) in [6.07, 6.45) is 5.13. The molecular formula is C17H24ClN7O. The van der Waals surface area contributed by atoms with E-state index in [1.165, 1.54) is 0 Å². The minimum absolute atomic E-state index is 0.0457. The number of nitrogens with one attached hydrogen (secondary N) is 2. The van der Waals surface area contributed by atoms with Crippen LogP contribution in [0.4, 0.5) is 17.5 Å². The zero-order valence-corrected chi connectivity index (χ0v) is 15.8. The molecule has 0 saturated carbocycles. The lowest BCUT2D eigenvalue weighted by Crippen LogP contribution is -2.34. The van der Waals surface area contributed by atoms with Crippen LogP contribution in [0.15, 0.2) is 18.6 Å².